The summed E-state index contributed by atoms with van der Waals surface area (Å²) in [5, 5.41) is 16.3. The molecule has 0 rings (SSSR count). The minimum Gasteiger partial charge on any atom is -0.368 e. The first-order valence-electron chi connectivity index (χ1n) is 2.66. The molecule has 4 heteroatoms. The van der Waals surface area contributed by atoms with Crippen LogP contribution in [0, 0.1) is 0 Å². The fourth-order valence-corrected chi connectivity index (χ4v) is 0.383. The molecule has 2 nitrogen and oxygen atoms in total. The Morgan fingerprint density at radius 1 is 1.44 bits per heavy atom. The topological polar surface area (TPSA) is 40.5 Å². The minimum absolute atomic E-state index is 0.274. The molecule has 0 aromatic rings. The molecule has 0 aliphatic rings. The first-order chi connectivity index (χ1) is 3.92. The summed E-state index contributed by atoms with van der Waals surface area (Å²) in [7, 11) is 0. The quantitative estimate of drug-likeness (QED) is 0.567. The van der Waals surface area contributed by atoms with Crippen molar-refractivity contribution in [2.75, 3.05) is 0 Å². The third-order valence-electron chi connectivity index (χ3n) is 0.842. The smallest absolute Gasteiger partial charge is 0.245 e. The van der Waals surface area contributed by atoms with Crippen molar-refractivity contribution in [2.24, 2.45) is 0 Å². The number of aliphatic hydroxyl groups excluding tert-OH is 1. The Kier molecular flexibility index (Phi) is 3.00. The van der Waals surface area contributed by atoms with Crippen molar-refractivity contribution in [2.45, 2.75) is 32.0 Å². The molecule has 0 aliphatic heterocycles. The third kappa shape index (κ3) is 7.78. The summed E-state index contributed by atoms with van der Waals surface area (Å²) < 4.78 is 23.7. The summed E-state index contributed by atoms with van der Waals surface area (Å²) in [6.45, 7) is 0.745. The highest BCUT2D eigenvalue weighted by Crippen LogP contribution is 2.18. The molecule has 0 bridgehead atoms. The van der Waals surface area contributed by atoms with Crippen LogP contribution in [0.15, 0.2) is 0 Å². The Morgan fingerprint density at radius 3 is 2.00 bits per heavy atom. The number of hydrogen-bond acceptors (Lipinski definition) is 2. The maximum absolute atomic E-state index is 11.9. The lowest BCUT2D eigenvalue weighted by Gasteiger charge is -2.09. The summed E-state index contributed by atoms with van der Waals surface area (Å²) in [4.78, 5) is 0. The lowest BCUT2D eigenvalue weighted by molar-refractivity contribution is -0.0726. The summed E-state index contributed by atoms with van der Waals surface area (Å²) in [6.07, 6.45) is -2.37. The highest BCUT2D eigenvalue weighted by atomic mass is 19.3. The zero-order chi connectivity index (χ0) is 7.49. The maximum Gasteiger partial charge on any atom is 0.245 e. The first-order valence-corrected chi connectivity index (χ1v) is 2.66. The molecule has 0 radical (unpaired) electrons. The second kappa shape index (κ2) is 3.08. The Bertz CT molecular complexity index is 77.5. The third-order valence-corrected chi connectivity index (χ3v) is 0.842. The molecule has 2 N–H and O–H groups in total. The van der Waals surface area contributed by atoms with Gasteiger partial charge in [-0.15, -0.1) is 0 Å². The number of rotatable bonds is 3. The standard InChI is InChI=1S/C5H10F2O2/c1-5(6,7)3-2-4(8)9/h4,8-9H,2-3H2,1H3. The molecule has 0 saturated heterocycles. The lowest BCUT2D eigenvalue weighted by Crippen LogP contribution is -2.14. The molecule has 0 unspecified atom stereocenters. The van der Waals surface area contributed by atoms with Crippen molar-refractivity contribution in [1.29, 1.82) is 0 Å². The van der Waals surface area contributed by atoms with Crippen LogP contribution >= 0.6 is 0 Å². The van der Waals surface area contributed by atoms with Gasteiger partial charge in [-0.1, -0.05) is 0 Å². The summed E-state index contributed by atoms with van der Waals surface area (Å²) in [5.41, 5.74) is 0. The number of hydrogen-bond donors (Lipinski definition) is 2. The number of alkyl halides is 2. The second-order valence-corrected chi connectivity index (χ2v) is 2.09. The fraction of sp³-hybridized carbons (Fsp3) is 1.00. The maximum atomic E-state index is 11.9. The zero-order valence-electron chi connectivity index (χ0n) is 5.14. The molecule has 56 valence electrons. The molecule has 0 heterocycles. The summed E-state index contributed by atoms with van der Waals surface area (Å²) in [6, 6.07) is 0. The zero-order valence-corrected chi connectivity index (χ0v) is 5.14. The van der Waals surface area contributed by atoms with E-state index in [4.69, 9.17) is 10.2 Å². The van der Waals surface area contributed by atoms with Gasteiger partial charge in [0, 0.05) is 12.8 Å². The largest absolute Gasteiger partial charge is 0.368 e. The molecule has 0 amide bonds. The van der Waals surface area contributed by atoms with Gasteiger partial charge >= 0.3 is 0 Å². The number of halogens is 2. The van der Waals surface area contributed by atoms with Gasteiger partial charge in [0.15, 0.2) is 6.29 Å². The van der Waals surface area contributed by atoms with Crippen LogP contribution in [-0.2, 0) is 0 Å². The average molecular weight is 140 g/mol. The van der Waals surface area contributed by atoms with E-state index in [2.05, 4.69) is 0 Å². The van der Waals surface area contributed by atoms with E-state index in [0.717, 1.165) is 6.92 Å². The summed E-state index contributed by atoms with van der Waals surface area (Å²) >= 11 is 0. The monoisotopic (exact) mass is 140 g/mol. The van der Waals surface area contributed by atoms with Crippen molar-refractivity contribution in [3.8, 4) is 0 Å². The Morgan fingerprint density at radius 2 is 1.89 bits per heavy atom. The molecule has 0 aromatic heterocycles. The van der Waals surface area contributed by atoms with Crippen molar-refractivity contribution in [3.05, 3.63) is 0 Å². The highest BCUT2D eigenvalue weighted by Gasteiger charge is 2.21. The summed E-state index contributed by atoms with van der Waals surface area (Å²) in [5.74, 6) is -2.79. The van der Waals surface area contributed by atoms with Crippen LogP contribution in [0.2, 0.25) is 0 Å². The Balaban J connectivity index is 3.28. The molecule has 0 spiro atoms. The minimum atomic E-state index is -2.79. The van der Waals surface area contributed by atoms with Gasteiger partial charge in [0.25, 0.3) is 0 Å². The van der Waals surface area contributed by atoms with Gasteiger partial charge < -0.3 is 10.2 Å². The van der Waals surface area contributed by atoms with Crippen LogP contribution in [0.25, 0.3) is 0 Å². The van der Waals surface area contributed by atoms with E-state index in [1.54, 1.807) is 0 Å². The number of aliphatic hydroxyl groups is 2. The average Bonchev–Trinajstić information content (AvgIpc) is 1.59. The lowest BCUT2D eigenvalue weighted by atomic mass is 10.2. The SMILES string of the molecule is CC(F)(F)CCC(O)O. The van der Waals surface area contributed by atoms with Gasteiger partial charge in [-0.2, -0.15) is 0 Å². The Labute approximate surface area is 52.1 Å². The van der Waals surface area contributed by atoms with E-state index in [1.165, 1.54) is 0 Å². The van der Waals surface area contributed by atoms with Crippen molar-refractivity contribution in [1.82, 2.24) is 0 Å². The van der Waals surface area contributed by atoms with E-state index in [0.29, 0.717) is 0 Å². The van der Waals surface area contributed by atoms with E-state index < -0.39 is 18.6 Å². The van der Waals surface area contributed by atoms with Crippen LogP contribution in [-0.4, -0.2) is 22.4 Å². The molecular weight excluding hydrogens is 130 g/mol. The predicted octanol–water partition coefficient (Wildman–Crippen LogP) is 0.732. The molecule has 9 heavy (non-hydrogen) atoms. The van der Waals surface area contributed by atoms with Gasteiger partial charge in [0.05, 0.1) is 0 Å². The normalized spacial score (nSPS) is 12.7. The highest BCUT2D eigenvalue weighted by molar-refractivity contribution is 4.57. The first kappa shape index (κ1) is 8.78. The molecule has 0 aromatic carbocycles. The molecule has 0 atom stereocenters. The van der Waals surface area contributed by atoms with Gasteiger partial charge in [-0.05, 0) is 6.92 Å². The van der Waals surface area contributed by atoms with Gasteiger partial charge in [-0.25, -0.2) is 8.78 Å². The van der Waals surface area contributed by atoms with E-state index in [1.807, 2.05) is 0 Å². The molecular formula is C5H10F2O2. The van der Waals surface area contributed by atoms with Gasteiger partial charge in [0.1, 0.15) is 0 Å². The second-order valence-electron chi connectivity index (χ2n) is 2.09. The van der Waals surface area contributed by atoms with Gasteiger partial charge in [-0.3, -0.25) is 0 Å². The van der Waals surface area contributed by atoms with E-state index in [9.17, 15) is 8.78 Å². The van der Waals surface area contributed by atoms with Crippen LogP contribution < -0.4 is 0 Å². The molecule has 0 aliphatic carbocycles. The van der Waals surface area contributed by atoms with Crippen molar-refractivity contribution < 1.29 is 19.0 Å². The predicted molar refractivity (Wildman–Crippen MR) is 28.1 cm³/mol. The Hall–Kier alpha value is -0.220. The van der Waals surface area contributed by atoms with E-state index >= 15 is 0 Å². The van der Waals surface area contributed by atoms with Crippen molar-refractivity contribution >= 4 is 0 Å². The fourth-order valence-electron chi connectivity index (χ4n) is 0.383. The van der Waals surface area contributed by atoms with Crippen molar-refractivity contribution in [3.63, 3.8) is 0 Å². The van der Waals surface area contributed by atoms with Crippen LogP contribution in [0.1, 0.15) is 19.8 Å². The van der Waals surface area contributed by atoms with E-state index in [-0.39, 0.29) is 6.42 Å². The van der Waals surface area contributed by atoms with Crippen LogP contribution in [0.4, 0.5) is 8.78 Å². The van der Waals surface area contributed by atoms with Gasteiger partial charge in [0.2, 0.25) is 5.92 Å². The molecule has 0 fully saturated rings. The van der Waals surface area contributed by atoms with Crippen LogP contribution in [0.5, 0.6) is 0 Å². The van der Waals surface area contributed by atoms with Crippen LogP contribution in [0.3, 0.4) is 0 Å². The molecule has 0 saturated carbocycles.